The van der Waals surface area contributed by atoms with Crippen LogP contribution in [0.2, 0.25) is 0 Å². The molecule has 0 saturated carbocycles. The summed E-state index contributed by atoms with van der Waals surface area (Å²) in [7, 11) is 0. The number of rotatable bonds is 6. The van der Waals surface area contributed by atoms with Crippen LogP contribution in [0.4, 0.5) is 0 Å². The van der Waals surface area contributed by atoms with Crippen molar-refractivity contribution in [2.45, 2.75) is 25.7 Å². The molecule has 0 aliphatic carbocycles. The Hall–Kier alpha value is -0.640. The lowest BCUT2D eigenvalue weighted by molar-refractivity contribution is -0.480. The molecule has 4 nitrogen and oxygen atoms in total. The second-order valence-electron chi connectivity index (χ2n) is 2.26. The molecule has 0 radical (unpaired) electrons. The average molecular weight is 146 g/mol. The molecule has 0 aromatic heterocycles. The highest BCUT2D eigenvalue weighted by Crippen LogP contribution is 1.97. The van der Waals surface area contributed by atoms with Gasteiger partial charge in [0, 0.05) is 11.3 Å². The molecule has 0 aliphatic heterocycles. The van der Waals surface area contributed by atoms with Gasteiger partial charge in [-0.05, 0) is 19.4 Å². The molecule has 0 fully saturated rings. The summed E-state index contributed by atoms with van der Waals surface area (Å²) in [5, 5.41) is 9.81. The summed E-state index contributed by atoms with van der Waals surface area (Å²) in [5.74, 6) is 0. The van der Waals surface area contributed by atoms with Crippen LogP contribution >= 0.6 is 0 Å². The fourth-order valence-corrected chi connectivity index (χ4v) is 0.739. The highest BCUT2D eigenvalue weighted by Gasteiger charge is 1.94. The maximum absolute atomic E-state index is 9.81. The van der Waals surface area contributed by atoms with Gasteiger partial charge in [0.1, 0.15) is 0 Å². The van der Waals surface area contributed by atoms with Crippen LogP contribution in [-0.4, -0.2) is 18.0 Å². The Balaban J connectivity index is 2.84. The van der Waals surface area contributed by atoms with Crippen molar-refractivity contribution in [3.8, 4) is 0 Å². The topological polar surface area (TPSA) is 69.2 Å². The van der Waals surface area contributed by atoms with E-state index in [4.69, 9.17) is 5.73 Å². The first-order valence-corrected chi connectivity index (χ1v) is 3.59. The van der Waals surface area contributed by atoms with E-state index < -0.39 is 0 Å². The van der Waals surface area contributed by atoms with Crippen LogP contribution in [0.1, 0.15) is 25.7 Å². The van der Waals surface area contributed by atoms with E-state index in [1.165, 1.54) is 0 Å². The number of nitrogens with zero attached hydrogens (tertiary/aromatic N) is 1. The highest BCUT2D eigenvalue weighted by molar-refractivity contribution is 4.42. The minimum absolute atomic E-state index is 0.102. The first kappa shape index (κ1) is 9.36. The lowest BCUT2D eigenvalue weighted by Crippen LogP contribution is -2.01. The Morgan fingerprint density at radius 2 is 1.80 bits per heavy atom. The zero-order chi connectivity index (χ0) is 7.82. The number of nitro groups is 1. The molecule has 4 heteroatoms. The van der Waals surface area contributed by atoms with E-state index in [9.17, 15) is 10.1 Å². The van der Waals surface area contributed by atoms with Crippen molar-refractivity contribution in [1.82, 2.24) is 0 Å². The zero-order valence-electron chi connectivity index (χ0n) is 6.08. The molecule has 0 saturated heterocycles. The molecule has 60 valence electrons. The van der Waals surface area contributed by atoms with Crippen LogP contribution in [0.5, 0.6) is 0 Å². The maximum Gasteiger partial charge on any atom is 0.203 e. The predicted molar refractivity (Wildman–Crippen MR) is 39.4 cm³/mol. The highest BCUT2D eigenvalue weighted by atomic mass is 16.6. The first-order valence-electron chi connectivity index (χ1n) is 3.59. The number of nitrogens with two attached hydrogens (primary N) is 1. The predicted octanol–water partition coefficient (Wildman–Crippen LogP) is 0.782. The van der Waals surface area contributed by atoms with Crippen LogP contribution in [0.15, 0.2) is 0 Å². The van der Waals surface area contributed by atoms with E-state index in [2.05, 4.69) is 0 Å². The molecule has 0 bridgehead atoms. The van der Waals surface area contributed by atoms with E-state index in [1.807, 2.05) is 0 Å². The molecule has 0 spiro atoms. The van der Waals surface area contributed by atoms with Gasteiger partial charge in [0.15, 0.2) is 0 Å². The number of hydrogen-bond acceptors (Lipinski definition) is 3. The summed E-state index contributed by atoms with van der Waals surface area (Å²) >= 11 is 0. The van der Waals surface area contributed by atoms with Gasteiger partial charge in [-0.2, -0.15) is 0 Å². The van der Waals surface area contributed by atoms with Gasteiger partial charge in [-0.25, -0.2) is 0 Å². The van der Waals surface area contributed by atoms with Crippen molar-refractivity contribution >= 4 is 0 Å². The van der Waals surface area contributed by atoms with Gasteiger partial charge in [0.2, 0.25) is 6.54 Å². The summed E-state index contributed by atoms with van der Waals surface area (Å²) in [5.41, 5.74) is 5.24. The largest absolute Gasteiger partial charge is 0.330 e. The van der Waals surface area contributed by atoms with Gasteiger partial charge in [0.05, 0.1) is 0 Å². The van der Waals surface area contributed by atoms with E-state index in [0.717, 1.165) is 19.3 Å². The van der Waals surface area contributed by atoms with Gasteiger partial charge < -0.3 is 5.73 Å². The van der Waals surface area contributed by atoms with Gasteiger partial charge in [-0.3, -0.25) is 10.1 Å². The number of unbranched alkanes of at least 4 members (excludes halogenated alkanes) is 3. The fourth-order valence-electron chi connectivity index (χ4n) is 0.739. The average Bonchev–Trinajstić information content (AvgIpc) is 1.87. The zero-order valence-corrected chi connectivity index (χ0v) is 6.08. The normalized spacial score (nSPS) is 9.70. The van der Waals surface area contributed by atoms with Gasteiger partial charge >= 0.3 is 0 Å². The van der Waals surface area contributed by atoms with Gasteiger partial charge in [-0.1, -0.05) is 6.42 Å². The summed E-state index contributed by atoms with van der Waals surface area (Å²) in [6.07, 6.45) is 3.62. The lowest BCUT2D eigenvalue weighted by atomic mass is 10.2. The third-order valence-corrected chi connectivity index (χ3v) is 1.29. The standard InChI is InChI=1S/C6H14N2O2/c7-5-3-1-2-4-6-8(9)10/h1-7H2. The van der Waals surface area contributed by atoms with Crippen molar-refractivity contribution in [2.24, 2.45) is 5.73 Å². The van der Waals surface area contributed by atoms with Crippen molar-refractivity contribution in [2.75, 3.05) is 13.1 Å². The molecule has 0 aromatic rings. The third kappa shape index (κ3) is 7.36. The van der Waals surface area contributed by atoms with E-state index >= 15 is 0 Å². The van der Waals surface area contributed by atoms with E-state index in [-0.39, 0.29) is 11.5 Å². The Labute approximate surface area is 60.6 Å². The van der Waals surface area contributed by atoms with Crippen LogP contribution < -0.4 is 5.73 Å². The first-order chi connectivity index (χ1) is 4.77. The Bertz CT molecular complexity index is 95.7. The van der Waals surface area contributed by atoms with Crippen LogP contribution in [-0.2, 0) is 0 Å². The van der Waals surface area contributed by atoms with E-state index in [1.54, 1.807) is 0 Å². The third-order valence-electron chi connectivity index (χ3n) is 1.29. The Morgan fingerprint density at radius 1 is 1.20 bits per heavy atom. The van der Waals surface area contributed by atoms with Crippen LogP contribution in [0.3, 0.4) is 0 Å². The Morgan fingerprint density at radius 3 is 2.30 bits per heavy atom. The Kier molecular flexibility index (Phi) is 6.06. The monoisotopic (exact) mass is 146 g/mol. The maximum atomic E-state index is 9.81. The summed E-state index contributed by atoms with van der Waals surface area (Å²) in [4.78, 5) is 9.54. The van der Waals surface area contributed by atoms with Crippen molar-refractivity contribution in [1.29, 1.82) is 0 Å². The van der Waals surface area contributed by atoms with Gasteiger partial charge in [0.25, 0.3) is 0 Å². The van der Waals surface area contributed by atoms with Crippen molar-refractivity contribution in [3.05, 3.63) is 10.1 Å². The summed E-state index contributed by atoms with van der Waals surface area (Å²) in [6, 6.07) is 0. The molecule has 0 aromatic carbocycles. The van der Waals surface area contributed by atoms with Crippen LogP contribution in [0, 0.1) is 10.1 Å². The minimum Gasteiger partial charge on any atom is -0.330 e. The van der Waals surface area contributed by atoms with Crippen molar-refractivity contribution in [3.63, 3.8) is 0 Å². The van der Waals surface area contributed by atoms with Gasteiger partial charge in [-0.15, -0.1) is 0 Å². The molecule has 0 amide bonds. The molecule has 0 atom stereocenters. The summed E-state index contributed by atoms with van der Waals surface area (Å²) < 4.78 is 0. The minimum atomic E-state index is -0.275. The quantitative estimate of drug-likeness (QED) is 0.342. The van der Waals surface area contributed by atoms with Crippen molar-refractivity contribution < 1.29 is 4.92 Å². The lowest BCUT2D eigenvalue weighted by Gasteiger charge is -1.94. The number of hydrogen-bond donors (Lipinski definition) is 1. The molecule has 0 aliphatic rings. The SMILES string of the molecule is NCCCCCC[N+](=O)[O-]. The smallest absolute Gasteiger partial charge is 0.203 e. The molecule has 0 unspecified atom stereocenters. The molecular formula is C6H14N2O2. The van der Waals surface area contributed by atoms with Crippen LogP contribution in [0.25, 0.3) is 0 Å². The molecule has 2 N–H and O–H groups in total. The molecule has 0 rings (SSSR count). The van der Waals surface area contributed by atoms with E-state index in [0.29, 0.717) is 13.0 Å². The second kappa shape index (κ2) is 6.48. The second-order valence-corrected chi connectivity index (χ2v) is 2.26. The molecular weight excluding hydrogens is 132 g/mol. The summed E-state index contributed by atoms with van der Waals surface area (Å²) in [6.45, 7) is 0.795. The molecule has 10 heavy (non-hydrogen) atoms. The fraction of sp³-hybridized carbons (Fsp3) is 1.00. The molecule has 0 heterocycles.